The van der Waals surface area contributed by atoms with Crippen molar-refractivity contribution in [3.05, 3.63) is 24.0 Å². The number of anilines is 1. The van der Waals surface area contributed by atoms with Crippen LogP contribution in [-0.4, -0.2) is 20.2 Å². The first kappa shape index (κ1) is 13.0. The Labute approximate surface area is 117 Å². The second-order valence-corrected chi connectivity index (χ2v) is 6.53. The second-order valence-electron chi connectivity index (χ2n) is 6.53. The van der Waals surface area contributed by atoms with E-state index in [-0.39, 0.29) is 22.6 Å². The van der Waals surface area contributed by atoms with E-state index in [0.29, 0.717) is 5.82 Å². The van der Waals surface area contributed by atoms with Gasteiger partial charge in [-0.15, -0.1) is 5.10 Å². The van der Waals surface area contributed by atoms with Gasteiger partial charge in [-0.2, -0.15) is 0 Å². The molecule has 20 heavy (non-hydrogen) atoms. The number of aromatic nitrogens is 4. The van der Waals surface area contributed by atoms with Crippen molar-refractivity contribution in [3.63, 3.8) is 0 Å². The predicted molar refractivity (Wildman–Crippen MR) is 74.2 cm³/mol. The minimum atomic E-state index is -0.431. The highest BCUT2D eigenvalue weighted by atomic mass is 19.1. The van der Waals surface area contributed by atoms with Gasteiger partial charge in [-0.3, -0.25) is 0 Å². The summed E-state index contributed by atoms with van der Waals surface area (Å²) in [5.41, 5.74) is 6.68. The van der Waals surface area contributed by atoms with Crippen LogP contribution in [0.5, 0.6) is 0 Å². The van der Waals surface area contributed by atoms with Gasteiger partial charge in [0.05, 0.1) is 11.7 Å². The zero-order valence-corrected chi connectivity index (χ0v) is 12.1. The van der Waals surface area contributed by atoms with Crippen LogP contribution in [0.25, 0.3) is 11.4 Å². The predicted octanol–water partition coefficient (Wildman–Crippen LogP) is 2.67. The maximum Gasteiger partial charge on any atom is 0.182 e. The van der Waals surface area contributed by atoms with Crippen molar-refractivity contribution >= 4 is 5.69 Å². The first-order valence-corrected chi connectivity index (χ1v) is 6.60. The number of rotatable bonds is 2. The summed E-state index contributed by atoms with van der Waals surface area (Å²) in [6.45, 7) is 8.79. The van der Waals surface area contributed by atoms with Crippen molar-refractivity contribution in [1.29, 1.82) is 0 Å². The Morgan fingerprint density at radius 2 is 1.85 bits per heavy atom. The topological polar surface area (TPSA) is 69.6 Å². The number of hydrogen-bond donors (Lipinski definition) is 1. The van der Waals surface area contributed by atoms with E-state index in [9.17, 15) is 4.39 Å². The summed E-state index contributed by atoms with van der Waals surface area (Å²) in [5.74, 6) is 0.195. The number of benzene rings is 1. The van der Waals surface area contributed by atoms with Crippen molar-refractivity contribution in [2.75, 3.05) is 5.73 Å². The Bertz CT molecular complexity index is 660. The lowest BCUT2D eigenvalue weighted by molar-refractivity contribution is 0.457. The normalized spacial score (nSPS) is 20.1. The lowest BCUT2D eigenvalue weighted by Gasteiger charge is -2.07. The molecule has 0 amide bonds. The molecule has 1 heterocycles. The van der Waals surface area contributed by atoms with Crippen molar-refractivity contribution in [2.45, 2.75) is 33.7 Å². The van der Waals surface area contributed by atoms with E-state index in [1.165, 1.54) is 6.07 Å². The smallest absolute Gasteiger partial charge is 0.182 e. The van der Waals surface area contributed by atoms with Crippen molar-refractivity contribution in [2.24, 2.45) is 10.8 Å². The maximum absolute atomic E-state index is 13.3. The standard InChI is InChI=1S/C14H18FN5/c1-13(2)12(14(13,3)4)20-11(17-18-19-20)8-5-6-9(15)10(16)7-8/h5-7,12H,16H2,1-4H3. The fraction of sp³-hybridized carbons (Fsp3) is 0.500. The molecule has 1 aliphatic carbocycles. The highest BCUT2D eigenvalue weighted by Gasteiger charge is 2.67. The number of nitrogens with two attached hydrogens (primary N) is 1. The van der Waals surface area contributed by atoms with Gasteiger partial charge >= 0.3 is 0 Å². The van der Waals surface area contributed by atoms with Crippen LogP contribution < -0.4 is 5.73 Å². The lowest BCUT2D eigenvalue weighted by Crippen LogP contribution is -2.06. The highest BCUT2D eigenvalue weighted by Crippen LogP contribution is 2.71. The van der Waals surface area contributed by atoms with Gasteiger partial charge in [0.15, 0.2) is 5.82 Å². The van der Waals surface area contributed by atoms with Crippen LogP contribution in [0, 0.1) is 16.6 Å². The third kappa shape index (κ3) is 1.57. The summed E-state index contributed by atoms with van der Waals surface area (Å²) >= 11 is 0. The van der Waals surface area contributed by atoms with Gasteiger partial charge < -0.3 is 5.73 Å². The monoisotopic (exact) mass is 275 g/mol. The Kier molecular flexibility index (Phi) is 2.46. The molecule has 2 aromatic rings. The molecule has 6 heteroatoms. The van der Waals surface area contributed by atoms with Gasteiger partial charge in [-0.05, 0) is 39.5 Å². The lowest BCUT2D eigenvalue weighted by atomic mass is 10.0. The quantitative estimate of drug-likeness (QED) is 0.855. The van der Waals surface area contributed by atoms with E-state index in [1.54, 1.807) is 12.1 Å². The highest BCUT2D eigenvalue weighted by molar-refractivity contribution is 5.61. The molecular formula is C14H18FN5. The summed E-state index contributed by atoms with van der Waals surface area (Å²) in [7, 11) is 0. The molecule has 0 unspecified atom stereocenters. The van der Waals surface area contributed by atoms with Gasteiger partial charge in [-0.25, -0.2) is 9.07 Å². The number of nitrogen functional groups attached to an aromatic ring is 1. The molecule has 0 aliphatic heterocycles. The van der Waals surface area contributed by atoms with Crippen molar-refractivity contribution in [3.8, 4) is 11.4 Å². The van der Waals surface area contributed by atoms with E-state index in [2.05, 4.69) is 43.2 Å². The van der Waals surface area contributed by atoms with Crippen LogP contribution in [0.1, 0.15) is 33.7 Å². The molecule has 0 radical (unpaired) electrons. The third-order valence-electron chi connectivity index (χ3n) is 4.94. The first-order chi connectivity index (χ1) is 9.26. The molecule has 5 nitrogen and oxygen atoms in total. The van der Waals surface area contributed by atoms with E-state index in [0.717, 1.165) is 5.56 Å². The molecular weight excluding hydrogens is 257 g/mol. The molecule has 1 aliphatic rings. The zero-order valence-electron chi connectivity index (χ0n) is 12.1. The molecule has 0 saturated heterocycles. The fourth-order valence-corrected chi connectivity index (χ4v) is 3.01. The second kappa shape index (κ2) is 3.77. The minimum Gasteiger partial charge on any atom is -0.396 e. The summed E-state index contributed by atoms with van der Waals surface area (Å²) in [4.78, 5) is 0. The average Bonchev–Trinajstić information content (AvgIpc) is 2.71. The minimum absolute atomic E-state index is 0.103. The van der Waals surface area contributed by atoms with Gasteiger partial charge in [0, 0.05) is 5.56 Å². The van der Waals surface area contributed by atoms with Crippen LogP contribution in [0.4, 0.5) is 10.1 Å². The van der Waals surface area contributed by atoms with E-state index in [1.807, 2.05) is 4.68 Å². The molecule has 0 spiro atoms. The van der Waals surface area contributed by atoms with Gasteiger partial charge in [-0.1, -0.05) is 27.7 Å². The van der Waals surface area contributed by atoms with Crippen molar-refractivity contribution < 1.29 is 4.39 Å². The molecule has 1 saturated carbocycles. The molecule has 1 aromatic heterocycles. The van der Waals surface area contributed by atoms with Crippen LogP contribution in [0.15, 0.2) is 18.2 Å². The van der Waals surface area contributed by atoms with Crippen LogP contribution in [-0.2, 0) is 0 Å². The summed E-state index contributed by atoms with van der Waals surface area (Å²) in [5, 5.41) is 12.0. The summed E-state index contributed by atoms with van der Waals surface area (Å²) in [6.07, 6.45) is 0. The van der Waals surface area contributed by atoms with Gasteiger partial charge in [0.1, 0.15) is 5.82 Å². The number of hydrogen-bond acceptors (Lipinski definition) is 4. The number of nitrogens with zero attached hydrogens (tertiary/aromatic N) is 4. The van der Waals surface area contributed by atoms with Crippen LogP contribution in [0.2, 0.25) is 0 Å². The zero-order chi connectivity index (χ0) is 14.7. The molecule has 106 valence electrons. The largest absolute Gasteiger partial charge is 0.396 e. The summed E-state index contributed by atoms with van der Waals surface area (Å²) in [6, 6.07) is 4.77. The van der Waals surface area contributed by atoms with E-state index >= 15 is 0 Å². The van der Waals surface area contributed by atoms with Crippen LogP contribution >= 0.6 is 0 Å². The van der Waals surface area contributed by atoms with Gasteiger partial charge in [0.2, 0.25) is 0 Å². The molecule has 1 aromatic carbocycles. The molecule has 0 atom stereocenters. The number of tetrazole rings is 1. The Morgan fingerprint density at radius 3 is 2.40 bits per heavy atom. The average molecular weight is 275 g/mol. The Balaban J connectivity index is 2.06. The first-order valence-electron chi connectivity index (χ1n) is 6.60. The Hall–Kier alpha value is -1.98. The number of halogens is 1. The van der Waals surface area contributed by atoms with E-state index < -0.39 is 5.82 Å². The molecule has 1 fully saturated rings. The molecule has 0 bridgehead atoms. The Morgan fingerprint density at radius 1 is 1.20 bits per heavy atom. The van der Waals surface area contributed by atoms with Gasteiger partial charge in [0.25, 0.3) is 0 Å². The van der Waals surface area contributed by atoms with E-state index in [4.69, 9.17) is 5.73 Å². The maximum atomic E-state index is 13.3. The van der Waals surface area contributed by atoms with Crippen LogP contribution in [0.3, 0.4) is 0 Å². The summed E-state index contributed by atoms with van der Waals surface area (Å²) < 4.78 is 15.1. The third-order valence-corrected chi connectivity index (χ3v) is 4.94. The van der Waals surface area contributed by atoms with Crippen molar-refractivity contribution in [1.82, 2.24) is 20.2 Å². The molecule has 2 N–H and O–H groups in total. The molecule has 3 rings (SSSR count). The fourth-order valence-electron chi connectivity index (χ4n) is 3.01. The SMILES string of the molecule is CC1(C)C(n2nnnc2-c2ccc(F)c(N)c2)C1(C)C.